The Morgan fingerprint density at radius 3 is 2.50 bits per heavy atom. The van der Waals surface area contributed by atoms with Crippen LogP contribution in [0.4, 0.5) is 0 Å². The second-order valence-corrected chi connectivity index (χ2v) is 8.67. The minimum absolute atomic E-state index is 0.0679. The first kappa shape index (κ1) is 16.0. The molecule has 2 heterocycles. The lowest BCUT2D eigenvalue weighted by atomic mass is 9.95. The molecule has 0 radical (unpaired) electrons. The molecule has 0 unspecified atom stereocenters. The fourth-order valence-corrected chi connectivity index (χ4v) is 4.37. The van der Waals surface area contributed by atoms with Gasteiger partial charge in [-0.1, -0.05) is 0 Å². The number of nitrogens with zero attached hydrogens (tertiary/aromatic N) is 1. The quantitative estimate of drug-likeness (QED) is 0.848. The maximum absolute atomic E-state index is 12.2. The summed E-state index contributed by atoms with van der Waals surface area (Å²) in [5, 5.41) is 3.04. The molecule has 1 aromatic heterocycles. The topological polar surface area (TPSA) is 49.4 Å². The normalized spacial score (nSPS) is 19.2. The van der Waals surface area contributed by atoms with Crippen LogP contribution < -0.4 is 5.32 Å². The molecular weight excluding hydrogens is 364 g/mol. The second kappa shape index (κ2) is 7.13. The van der Waals surface area contributed by atoms with E-state index in [0.29, 0.717) is 12.5 Å². The van der Waals surface area contributed by atoms with E-state index in [-0.39, 0.29) is 17.7 Å². The van der Waals surface area contributed by atoms with Gasteiger partial charge in [0.05, 0.1) is 3.79 Å². The maximum Gasteiger partial charge on any atom is 0.225 e. The van der Waals surface area contributed by atoms with Crippen LogP contribution in [0.25, 0.3) is 0 Å². The fourth-order valence-electron chi connectivity index (χ4n) is 2.89. The van der Waals surface area contributed by atoms with E-state index in [1.165, 1.54) is 4.88 Å². The molecule has 1 aliphatic carbocycles. The highest BCUT2D eigenvalue weighted by Crippen LogP contribution is 2.32. The van der Waals surface area contributed by atoms with Crippen LogP contribution in [-0.2, 0) is 16.0 Å². The van der Waals surface area contributed by atoms with Crippen molar-refractivity contribution >= 4 is 39.1 Å². The van der Waals surface area contributed by atoms with Gasteiger partial charge in [0.25, 0.3) is 0 Å². The van der Waals surface area contributed by atoms with Crippen LogP contribution in [0.1, 0.15) is 30.6 Å². The summed E-state index contributed by atoms with van der Waals surface area (Å²) in [6, 6.07) is 4.12. The first-order valence-corrected chi connectivity index (χ1v) is 9.55. The molecule has 1 N–H and O–H groups in total. The molecule has 120 valence electrons. The number of carbonyl (C=O) groups excluding carboxylic acids is 2. The summed E-state index contributed by atoms with van der Waals surface area (Å²) >= 11 is 5.15. The van der Waals surface area contributed by atoms with Crippen LogP contribution in [0.5, 0.6) is 0 Å². The smallest absolute Gasteiger partial charge is 0.225 e. The Labute approximate surface area is 143 Å². The fraction of sp³-hybridized carbons (Fsp3) is 0.625. The van der Waals surface area contributed by atoms with Gasteiger partial charge >= 0.3 is 0 Å². The molecule has 0 spiro atoms. The van der Waals surface area contributed by atoms with E-state index in [4.69, 9.17) is 0 Å². The molecular formula is C16H21BrN2O2S. The lowest BCUT2D eigenvalue weighted by Gasteiger charge is -2.31. The number of halogens is 1. The summed E-state index contributed by atoms with van der Waals surface area (Å²) in [6.45, 7) is 2.17. The van der Waals surface area contributed by atoms with Crippen molar-refractivity contribution in [1.29, 1.82) is 0 Å². The van der Waals surface area contributed by atoms with Gasteiger partial charge in [-0.2, -0.15) is 0 Å². The van der Waals surface area contributed by atoms with Crippen LogP contribution in [-0.4, -0.2) is 36.3 Å². The van der Waals surface area contributed by atoms with E-state index in [0.717, 1.165) is 49.0 Å². The van der Waals surface area contributed by atoms with Crippen molar-refractivity contribution in [2.75, 3.05) is 19.6 Å². The van der Waals surface area contributed by atoms with Crippen LogP contribution in [0.15, 0.2) is 15.9 Å². The van der Waals surface area contributed by atoms with Gasteiger partial charge in [0.15, 0.2) is 0 Å². The number of piperidine rings is 1. The summed E-state index contributed by atoms with van der Waals surface area (Å²) in [4.78, 5) is 27.4. The van der Waals surface area contributed by atoms with Crippen molar-refractivity contribution in [3.63, 3.8) is 0 Å². The number of rotatable bonds is 5. The lowest BCUT2D eigenvalue weighted by molar-refractivity contribution is -0.136. The van der Waals surface area contributed by atoms with E-state index in [2.05, 4.69) is 27.3 Å². The third kappa shape index (κ3) is 4.10. The van der Waals surface area contributed by atoms with Gasteiger partial charge in [-0.05, 0) is 60.2 Å². The van der Waals surface area contributed by atoms with Crippen molar-refractivity contribution in [3.05, 3.63) is 20.8 Å². The zero-order valence-corrected chi connectivity index (χ0v) is 14.9. The molecule has 1 aliphatic heterocycles. The van der Waals surface area contributed by atoms with Gasteiger partial charge in [0.1, 0.15) is 0 Å². The molecule has 4 nitrogen and oxygen atoms in total. The minimum Gasteiger partial charge on any atom is -0.355 e. The maximum atomic E-state index is 12.2. The molecule has 2 fully saturated rings. The van der Waals surface area contributed by atoms with Crippen molar-refractivity contribution in [3.8, 4) is 0 Å². The van der Waals surface area contributed by atoms with E-state index >= 15 is 0 Å². The molecule has 2 aliphatic rings. The van der Waals surface area contributed by atoms with Gasteiger partial charge in [-0.25, -0.2) is 0 Å². The summed E-state index contributed by atoms with van der Waals surface area (Å²) in [5.74, 6) is 0.810. The predicted octanol–water partition coefficient (Wildman–Crippen LogP) is 2.82. The summed E-state index contributed by atoms with van der Waals surface area (Å²) < 4.78 is 1.13. The van der Waals surface area contributed by atoms with Crippen molar-refractivity contribution in [2.45, 2.75) is 32.1 Å². The summed E-state index contributed by atoms with van der Waals surface area (Å²) in [7, 11) is 0. The first-order chi connectivity index (χ1) is 10.6. The minimum atomic E-state index is 0.0679. The molecule has 1 saturated heterocycles. The number of hydrogen-bond donors (Lipinski definition) is 1. The van der Waals surface area contributed by atoms with Crippen LogP contribution in [0, 0.1) is 11.8 Å². The predicted molar refractivity (Wildman–Crippen MR) is 90.8 cm³/mol. The summed E-state index contributed by atoms with van der Waals surface area (Å²) in [6.07, 6.45) is 4.58. The van der Waals surface area contributed by atoms with Gasteiger partial charge < -0.3 is 10.2 Å². The van der Waals surface area contributed by atoms with Crippen molar-refractivity contribution in [2.24, 2.45) is 11.8 Å². The van der Waals surface area contributed by atoms with Gasteiger partial charge in [0.2, 0.25) is 11.8 Å². The Morgan fingerprint density at radius 2 is 1.91 bits per heavy atom. The van der Waals surface area contributed by atoms with Crippen LogP contribution in [0.2, 0.25) is 0 Å². The molecule has 2 amide bonds. The van der Waals surface area contributed by atoms with Crippen LogP contribution in [0.3, 0.4) is 0 Å². The van der Waals surface area contributed by atoms with E-state index in [1.807, 2.05) is 11.0 Å². The second-order valence-electron chi connectivity index (χ2n) is 6.12. The lowest BCUT2D eigenvalue weighted by Crippen LogP contribution is -2.43. The Balaban J connectivity index is 1.37. The molecule has 1 aromatic rings. The summed E-state index contributed by atoms with van der Waals surface area (Å²) in [5.41, 5.74) is 0. The average molecular weight is 385 g/mol. The molecule has 0 bridgehead atoms. The zero-order chi connectivity index (χ0) is 15.5. The Hall–Kier alpha value is -0.880. The van der Waals surface area contributed by atoms with Gasteiger partial charge in [-0.3, -0.25) is 9.59 Å². The van der Waals surface area contributed by atoms with E-state index in [1.54, 1.807) is 11.3 Å². The highest BCUT2D eigenvalue weighted by molar-refractivity contribution is 9.11. The number of carbonyl (C=O) groups is 2. The molecule has 3 rings (SSSR count). The Bertz CT molecular complexity index is 548. The van der Waals surface area contributed by atoms with Gasteiger partial charge in [0, 0.05) is 36.3 Å². The average Bonchev–Trinajstić information content (AvgIpc) is 3.30. The molecule has 0 atom stereocenters. The van der Waals surface area contributed by atoms with Crippen molar-refractivity contribution < 1.29 is 9.59 Å². The highest BCUT2D eigenvalue weighted by Gasteiger charge is 2.35. The van der Waals surface area contributed by atoms with Crippen molar-refractivity contribution in [1.82, 2.24) is 10.2 Å². The number of hydrogen-bond acceptors (Lipinski definition) is 3. The first-order valence-electron chi connectivity index (χ1n) is 7.94. The number of nitrogens with one attached hydrogen (secondary N) is 1. The largest absolute Gasteiger partial charge is 0.355 e. The Kier molecular flexibility index (Phi) is 5.18. The number of amides is 2. The third-order valence-corrected chi connectivity index (χ3v) is 6.09. The number of thiophene rings is 1. The van der Waals surface area contributed by atoms with E-state index in [9.17, 15) is 9.59 Å². The monoisotopic (exact) mass is 384 g/mol. The third-order valence-electron chi connectivity index (χ3n) is 4.40. The van der Waals surface area contributed by atoms with E-state index < -0.39 is 0 Å². The molecule has 0 aromatic carbocycles. The standard InChI is InChI=1S/C16H21BrN2O2S/c17-14-4-3-13(22-14)5-8-18-15(20)11-6-9-19(10-7-11)16(21)12-1-2-12/h3-4,11-12H,1-2,5-10H2,(H,18,20). The number of likely N-dealkylation sites (tertiary alicyclic amines) is 1. The van der Waals surface area contributed by atoms with Gasteiger partial charge in [-0.15, -0.1) is 11.3 Å². The highest BCUT2D eigenvalue weighted by atomic mass is 79.9. The molecule has 6 heteroatoms. The SMILES string of the molecule is O=C(NCCc1ccc(Br)s1)C1CCN(C(=O)C2CC2)CC1. The Morgan fingerprint density at radius 1 is 1.18 bits per heavy atom. The zero-order valence-electron chi connectivity index (χ0n) is 12.5. The molecule has 1 saturated carbocycles. The van der Waals surface area contributed by atoms with Crippen LogP contribution >= 0.6 is 27.3 Å². The molecule has 22 heavy (non-hydrogen) atoms.